The molecule has 5 heteroatoms. The fourth-order valence-corrected chi connectivity index (χ4v) is 3.04. The molecule has 16 heavy (non-hydrogen) atoms. The molecule has 1 rings (SSSR count). The van der Waals surface area contributed by atoms with Crippen LogP contribution in [-0.2, 0) is 4.79 Å². The summed E-state index contributed by atoms with van der Waals surface area (Å²) in [6.07, 6.45) is 1.61. The highest BCUT2D eigenvalue weighted by Gasteiger charge is 2.26. The molecule has 1 aromatic rings. The number of nitrogens with zero attached hydrogens (tertiary/aromatic N) is 1. The van der Waals surface area contributed by atoms with Crippen LogP contribution in [0.4, 0.5) is 0 Å². The minimum atomic E-state index is -0.720. The molecular weight excluding hydrogens is 242 g/mol. The lowest BCUT2D eigenvalue weighted by Gasteiger charge is -2.18. The molecule has 3 nitrogen and oxygen atoms in total. The molecular formula is C11H17NO2S2. The Balaban J connectivity index is 2.24. The predicted octanol–water partition coefficient (Wildman–Crippen LogP) is 3.43. The molecule has 0 saturated carbocycles. The Morgan fingerprint density at radius 2 is 2.31 bits per heavy atom. The third-order valence-electron chi connectivity index (χ3n) is 2.35. The Hall–Kier alpha value is -0.550. The Morgan fingerprint density at radius 3 is 2.81 bits per heavy atom. The van der Waals surface area contributed by atoms with Gasteiger partial charge in [0.25, 0.3) is 0 Å². The minimum Gasteiger partial charge on any atom is -0.481 e. The molecule has 0 aliphatic carbocycles. The molecule has 0 aliphatic heterocycles. The zero-order valence-electron chi connectivity index (χ0n) is 9.82. The van der Waals surface area contributed by atoms with Crippen LogP contribution in [0.15, 0.2) is 9.72 Å². The molecule has 0 saturated heterocycles. The van der Waals surface area contributed by atoms with Crippen LogP contribution in [0.5, 0.6) is 0 Å². The molecule has 0 bridgehead atoms. The van der Waals surface area contributed by atoms with Gasteiger partial charge in [-0.3, -0.25) is 4.79 Å². The molecule has 1 aromatic heterocycles. The summed E-state index contributed by atoms with van der Waals surface area (Å²) >= 11 is 3.36. The highest BCUT2D eigenvalue weighted by atomic mass is 32.2. The maximum absolute atomic E-state index is 10.9. The lowest BCUT2D eigenvalue weighted by molar-refractivity contribution is -0.147. The Bertz CT molecular complexity index is 361. The lowest BCUT2D eigenvalue weighted by atomic mass is 9.88. The van der Waals surface area contributed by atoms with Gasteiger partial charge >= 0.3 is 5.97 Å². The maximum atomic E-state index is 10.9. The normalized spacial score (nSPS) is 11.7. The summed E-state index contributed by atoms with van der Waals surface area (Å²) in [4.78, 5) is 15.2. The fourth-order valence-electron chi connectivity index (χ4n) is 1.18. The molecule has 0 atom stereocenters. The molecule has 0 unspecified atom stereocenters. The van der Waals surface area contributed by atoms with E-state index in [2.05, 4.69) is 4.98 Å². The standard InChI is InChI=1S/C11H17NO2S2/c1-8-7-16-10(12-8)15-6-4-5-11(2,3)9(13)14/h7H,4-6H2,1-3H3,(H,13,14). The number of rotatable bonds is 6. The van der Waals surface area contributed by atoms with Crippen molar-refractivity contribution in [2.24, 2.45) is 5.41 Å². The molecule has 0 amide bonds. The molecule has 1 heterocycles. The third-order valence-corrected chi connectivity index (χ3v) is 4.57. The number of carboxylic acid groups (broad SMARTS) is 1. The summed E-state index contributed by atoms with van der Waals surface area (Å²) in [5.74, 6) is 0.214. The third kappa shape index (κ3) is 4.14. The highest BCUT2D eigenvalue weighted by Crippen LogP contribution is 2.27. The number of aliphatic carboxylic acids is 1. The maximum Gasteiger partial charge on any atom is 0.309 e. The van der Waals surface area contributed by atoms with Crippen molar-refractivity contribution in [3.63, 3.8) is 0 Å². The van der Waals surface area contributed by atoms with Crippen LogP contribution in [0.1, 0.15) is 32.4 Å². The number of carboxylic acids is 1. The van der Waals surface area contributed by atoms with E-state index < -0.39 is 11.4 Å². The molecule has 0 fully saturated rings. The second kappa shape index (κ2) is 5.68. The van der Waals surface area contributed by atoms with Gasteiger partial charge in [0, 0.05) is 16.8 Å². The van der Waals surface area contributed by atoms with Crippen molar-refractivity contribution in [1.29, 1.82) is 0 Å². The van der Waals surface area contributed by atoms with E-state index in [1.54, 1.807) is 36.9 Å². The number of aromatic nitrogens is 1. The Morgan fingerprint density at radius 1 is 1.62 bits per heavy atom. The zero-order chi connectivity index (χ0) is 12.2. The van der Waals surface area contributed by atoms with Gasteiger partial charge in [0.15, 0.2) is 0 Å². The molecule has 90 valence electrons. The van der Waals surface area contributed by atoms with Gasteiger partial charge in [0.05, 0.1) is 5.41 Å². The monoisotopic (exact) mass is 259 g/mol. The molecule has 0 aromatic carbocycles. The summed E-state index contributed by atoms with van der Waals surface area (Å²) in [7, 11) is 0. The Labute approximate surface area is 104 Å². The van der Waals surface area contributed by atoms with Gasteiger partial charge in [-0.1, -0.05) is 11.8 Å². The molecule has 1 N–H and O–H groups in total. The summed E-state index contributed by atoms with van der Waals surface area (Å²) in [6.45, 7) is 5.52. The van der Waals surface area contributed by atoms with E-state index >= 15 is 0 Å². The highest BCUT2D eigenvalue weighted by molar-refractivity contribution is 8.00. The first-order valence-electron chi connectivity index (χ1n) is 5.20. The SMILES string of the molecule is Cc1csc(SCCCC(C)(C)C(=O)O)n1. The topological polar surface area (TPSA) is 50.2 Å². The first-order chi connectivity index (χ1) is 7.42. The van der Waals surface area contributed by atoms with Crippen molar-refractivity contribution in [1.82, 2.24) is 4.98 Å². The van der Waals surface area contributed by atoms with Crippen LogP contribution in [-0.4, -0.2) is 21.8 Å². The predicted molar refractivity (Wildman–Crippen MR) is 68.2 cm³/mol. The smallest absolute Gasteiger partial charge is 0.309 e. The number of hydrogen-bond acceptors (Lipinski definition) is 4. The Kier molecular flexibility index (Phi) is 4.80. The summed E-state index contributed by atoms with van der Waals surface area (Å²) < 4.78 is 1.07. The molecule has 0 spiro atoms. The van der Waals surface area contributed by atoms with E-state index in [4.69, 9.17) is 5.11 Å². The largest absolute Gasteiger partial charge is 0.481 e. The summed E-state index contributed by atoms with van der Waals surface area (Å²) in [6, 6.07) is 0. The second-order valence-corrected chi connectivity index (χ2v) is 6.60. The van der Waals surface area contributed by atoms with Crippen molar-refractivity contribution >= 4 is 29.1 Å². The number of thiazole rings is 1. The minimum absolute atomic E-state index is 0.612. The number of hydrogen-bond donors (Lipinski definition) is 1. The lowest BCUT2D eigenvalue weighted by Crippen LogP contribution is -2.23. The van der Waals surface area contributed by atoms with Gasteiger partial charge in [-0.2, -0.15) is 0 Å². The van der Waals surface area contributed by atoms with E-state index in [-0.39, 0.29) is 0 Å². The zero-order valence-corrected chi connectivity index (χ0v) is 11.5. The fraction of sp³-hybridized carbons (Fsp3) is 0.636. The second-order valence-electron chi connectivity index (χ2n) is 4.40. The first-order valence-corrected chi connectivity index (χ1v) is 7.07. The van der Waals surface area contributed by atoms with Gasteiger partial charge in [-0.15, -0.1) is 11.3 Å². The first kappa shape index (κ1) is 13.5. The van der Waals surface area contributed by atoms with Gasteiger partial charge in [0.2, 0.25) is 0 Å². The average molecular weight is 259 g/mol. The van der Waals surface area contributed by atoms with Crippen molar-refractivity contribution in [2.75, 3.05) is 5.75 Å². The van der Waals surface area contributed by atoms with Crippen LogP contribution in [0.2, 0.25) is 0 Å². The van der Waals surface area contributed by atoms with E-state index in [9.17, 15) is 4.79 Å². The summed E-state index contributed by atoms with van der Waals surface area (Å²) in [5, 5.41) is 11.0. The van der Waals surface area contributed by atoms with Gasteiger partial charge in [-0.05, 0) is 33.6 Å². The van der Waals surface area contributed by atoms with E-state index in [1.165, 1.54) is 0 Å². The summed E-state index contributed by atoms with van der Waals surface area (Å²) in [5.41, 5.74) is 0.442. The van der Waals surface area contributed by atoms with Crippen molar-refractivity contribution in [3.05, 3.63) is 11.1 Å². The van der Waals surface area contributed by atoms with Crippen LogP contribution in [0, 0.1) is 12.3 Å². The van der Waals surface area contributed by atoms with Gasteiger partial charge in [0.1, 0.15) is 4.34 Å². The van der Waals surface area contributed by atoms with Crippen LogP contribution >= 0.6 is 23.1 Å². The number of carbonyl (C=O) groups is 1. The molecule has 0 aliphatic rings. The number of thioether (sulfide) groups is 1. The van der Waals surface area contributed by atoms with Crippen LogP contribution < -0.4 is 0 Å². The van der Waals surface area contributed by atoms with Crippen molar-refractivity contribution in [2.45, 2.75) is 38.0 Å². The van der Waals surface area contributed by atoms with Crippen molar-refractivity contribution < 1.29 is 9.90 Å². The van der Waals surface area contributed by atoms with Crippen LogP contribution in [0.25, 0.3) is 0 Å². The van der Waals surface area contributed by atoms with E-state index in [0.717, 1.165) is 22.2 Å². The van der Waals surface area contributed by atoms with Crippen LogP contribution in [0.3, 0.4) is 0 Å². The van der Waals surface area contributed by atoms with Crippen molar-refractivity contribution in [3.8, 4) is 0 Å². The quantitative estimate of drug-likeness (QED) is 0.628. The van der Waals surface area contributed by atoms with E-state index in [1.807, 2.05) is 12.3 Å². The average Bonchev–Trinajstić information content (AvgIpc) is 2.59. The van der Waals surface area contributed by atoms with E-state index in [0.29, 0.717) is 6.42 Å². The van der Waals surface area contributed by atoms with Gasteiger partial charge < -0.3 is 5.11 Å². The van der Waals surface area contributed by atoms with Gasteiger partial charge in [-0.25, -0.2) is 4.98 Å². The molecule has 0 radical (unpaired) electrons. The number of aryl methyl sites for hydroxylation is 1.